The lowest BCUT2D eigenvalue weighted by Gasteiger charge is -2.08. The monoisotopic (exact) mass is 333 g/mol. The summed E-state index contributed by atoms with van der Waals surface area (Å²) in [6, 6.07) is 23.7. The Bertz CT molecular complexity index is 874. The van der Waals surface area contributed by atoms with E-state index in [1.165, 1.54) is 12.1 Å². The van der Waals surface area contributed by atoms with Gasteiger partial charge in [0.1, 0.15) is 17.3 Å². The van der Waals surface area contributed by atoms with Crippen LogP contribution in [0.25, 0.3) is 0 Å². The second-order valence-corrected chi connectivity index (χ2v) is 5.83. The summed E-state index contributed by atoms with van der Waals surface area (Å²) in [5.41, 5.74) is 2.79. The molecule has 4 heteroatoms. The molecule has 0 fully saturated rings. The van der Waals surface area contributed by atoms with Crippen LogP contribution >= 0.6 is 0 Å². The van der Waals surface area contributed by atoms with Crippen molar-refractivity contribution in [2.75, 3.05) is 0 Å². The van der Waals surface area contributed by atoms with Crippen LogP contribution in [0, 0.1) is 5.82 Å². The molecule has 3 aromatic rings. The molecular formula is C21H16FNO2. The summed E-state index contributed by atoms with van der Waals surface area (Å²) in [4.78, 5) is 5.51. The third-order valence-electron chi connectivity index (χ3n) is 4.08. The van der Waals surface area contributed by atoms with Gasteiger partial charge in [-0.2, -0.15) is 0 Å². The normalized spacial score (nSPS) is 16.2. The highest BCUT2D eigenvalue weighted by Gasteiger charge is 2.23. The van der Waals surface area contributed by atoms with Crippen LogP contribution in [0.5, 0.6) is 11.5 Å². The van der Waals surface area contributed by atoms with Crippen LogP contribution in [-0.2, 0) is 4.84 Å². The Morgan fingerprint density at radius 3 is 2.24 bits per heavy atom. The highest BCUT2D eigenvalue weighted by atomic mass is 19.1. The zero-order valence-corrected chi connectivity index (χ0v) is 13.4. The van der Waals surface area contributed by atoms with E-state index in [9.17, 15) is 4.39 Å². The van der Waals surface area contributed by atoms with Gasteiger partial charge in [-0.05, 0) is 59.7 Å². The number of hydrogen-bond donors (Lipinski definition) is 0. The largest absolute Gasteiger partial charge is 0.457 e. The Morgan fingerprint density at radius 2 is 1.52 bits per heavy atom. The van der Waals surface area contributed by atoms with Crippen LogP contribution in [0.2, 0.25) is 0 Å². The molecule has 1 aliphatic rings. The van der Waals surface area contributed by atoms with Crippen molar-refractivity contribution in [2.24, 2.45) is 5.16 Å². The van der Waals surface area contributed by atoms with Gasteiger partial charge in [0.2, 0.25) is 0 Å². The molecule has 1 heterocycles. The quantitative estimate of drug-likeness (QED) is 0.632. The second kappa shape index (κ2) is 6.77. The molecule has 0 aliphatic carbocycles. The lowest BCUT2D eigenvalue weighted by Crippen LogP contribution is -2.01. The van der Waals surface area contributed by atoms with Crippen molar-refractivity contribution in [3.63, 3.8) is 0 Å². The number of benzene rings is 3. The summed E-state index contributed by atoms with van der Waals surface area (Å²) >= 11 is 0. The van der Waals surface area contributed by atoms with Crippen molar-refractivity contribution < 1.29 is 14.0 Å². The number of ether oxygens (including phenoxy) is 1. The van der Waals surface area contributed by atoms with Crippen molar-refractivity contribution in [3.05, 3.63) is 95.8 Å². The molecule has 0 saturated carbocycles. The summed E-state index contributed by atoms with van der Waals surface area (Å²) in [5, 5.41) is 4.18. The first-order valence-electron chi connectivity index (χ1n) is 8.09. The molecule has 3 nitrogen and oxygen atoms in total. The summed E-state index contributed by atoms with van der Waals surface area (Å²) < 4.78 is 18.8. The average molecular weight is 333 g/mol. The minimum Gasteiger partial charge on any atom is -0.457 e. The van der Waals surface area contributed by atoms with Crippen molar-refractivity contribution in [1.29, 1.82) is 0 Å². The molecule has 0 saturated heterocycles. The molecule has 4 rings (SSSR count). The van der Waals surface area contributed by atoms with E-state index in [0.29, 0.717) is 6.42 Å². The van der Waals surface area contributed by atoms with Gasteiger partial charge in [0.25, 0.3) is 0 Å². The van der Waals surface area contributed by atoms with Gasteiger partial charge in [0, 0.05) is 6.42 Å². The standard InChI is InChI=1S/C21H16FNO2/c22-17-10-6-16(7-11-17)21-14-20(23-25-21)15-8-12-19(13-9-15)24-18-4-2-1-3-5-18/h1-13,21H,14H2. The van der Waals surface area contributed by atoms with Crippen LogP contribution in [0.4, 0.5) is 4.39 Å². The Kier molecular flexibility index (Phi) is 4.17. The average Bonchev–Trinajstić information content (AvgIpc) is 3.14. The van der Waals surface area contributed by atoms with Crippen LogP contribution in [0.15, 0.2) is 84.0 Å². The van der Waals surface area contributed by atoms with Gasteiger partial charge in [0.05, 0.1) is 5.71 Å². The zero-order chi connectivity index (χ0) is 17.1. The second-order valence-electron chi connectivity index (χ2n) is 5.83. The SMILES string of the molecule is Fc1ccc(C2CC(c3ccc(Oc4ccccc4)cc3)=NO2)cc1. The van der Waals surface area contributed by atoms with E-state index in [-0.39, 0.29) is 11.9 Å². The number of halogens is 1. The molecular weight excluding hydrogens is 317 g/mol. The Labute approximate surface area is 145 Å². The number of oxime groups is 1. The van der Waals surface area contributed by atoms with E-state index >= 15 is 0 Å². The summed E-state index contributed by atoms with van der Waals surface area (Å²) in [7, 11) is 0. The van der Waals surface area contributed by atoms with Crippen molar-refractivity contribution in [3.8, 4) is 11.5 Å². The third-order valence-corrected chi connectivity index (χ3v) is 4.08. The molecule has 0 radical (unpaired) electrons. The van der Waals surface area contributed by atoms with Gasteiger partial charge in [-0.1, -0.05) is 35.5 Å². The maximum Gasteiger partial charge on any atom is 0.158 e. The Morgan fingerprint density at radius 1 is 0.840 bits per heavy atom. The lowest BCUT2D eigenvalue weighted by atomic mass is 10.0. The highest BCUT2D eigenvalue weighted by molar-refractivity contribution is 6.01. The van der Waals surface area contributed by atoms with Crippen LogP contribution in [0.1, 0.15) is 23.7 Å². The first kappa shape index (κ1) is 15.4. The van der Waals surface area contributed by atoms with Crippen molar-refractivity contribution >= 4 is 5.71 Å². The maximum absolute atomic E-state index is 13.0. The third kappa shape index (κ3) is 3.53. The molecule has 124 valence electrons. The summed E-state index contributed by atoms with van der Waals surface area (Å²) in [5.74, 6) is 1.31. The Hall–Kier alpha value is -3.14. The van der Waals surface area contributed by atoms with Crippen LogP contribution in [-0.4, -0.2) is 5.71 Å². The topological polar surface area (TPSA) is 30.8 Å². The van der Waals surface area contributed by atoms with Gasteiger partial charge >= 0.3 is 0 Å². The molecule has 0 spiro atoms. The van der Waals surface area contributed by atoms with Gasteiger partial charge in [-0.15, -0.1) is 0 Å². The van der Waals surface area contributed by atoms with E-state index in [2.05, 4.69) is 5.16 Å². The number of nitrogens with zero attached hydrogens (tertiary/aromatic N) is 1. The number of rotatable bonds is 4. The molecule has 0 N–H and O–H groups in total. The molecule has 0 bridgehead atoms. The molecule has 0 aromatic heterocycles. The van der Waals surface area contributed by atoms with Gasteiger partial charge in [0.15, 0.2) is 6.10 Å². The first-order chi connectivity index (χ1) is 12.3. The smallest absolute Gasteiger partial charge is 0.158 e. The molecule has 1 atom stereocenters. The Balaban J connectivity index is 1.43. The van der Waals surface area contributed by atoms with Crippen molar-refractivity contribution in [1.82, 2.24) is 0 Å². The highest BCUT2D eigenvalue weighted by Crippen LogP contribution is 2.30. The van der Waals surface area contributed by atoms with Gasteiger partial charge < -0.3 is 9.57 Å². The van der Waals surface area contributed by atoms with Crippen LogP contribution < -0.4 is 4.74 Å². The van der Waals surface area contributed by atoms with E-state index in [0.717, 1.165) is 28.3 Å². The van der Waals surface area contributed by atoms with E-state index in [1.807, 2.05) is 54.6 Å². The fraction of sp³-hybridized carbons (Fsp3) is 0.0952. The summed E-state index contributed by atoms with van der Waals surface area (Å²) in [6.07, 6.45) is 0.487. The predicted octanol–water partition coefficient (Wildman–Crippen LogP) is 5.48. The fourth-order valence-corrected chi connectivity index (χ4v) is 2.74. The van der Waals surface area contributed by atoms with Crippen molar-refractivity contribution in [2.45, 2.75) is 12.5 Å². The maximum atomic E-state index is 13.0. The minimum atomic E-state index is -0.253. The molecule has 25 heavy (non-hydrogen) atoms. The number of hydrogen-bond acceptors (Lipinski definition) is 3. The molecule has 0 amide bonds. The fourth-order valence-electron chi connectivity index (χ4n) is 2.74. The molecule has 3 aromatic carbocycles. The van der Waals surface area contributed by atoms with Crippen LogP contribution in [0.3, 0.4) is 0 Å². The molecule has 1 unspecified atom stereocenters. The molecule has 1 aliphatic heterocycles. The predicted molar refractivity (Wildman–Crippen MR) is 94.3 cm³/mol. The van der Waals surface area contributed by atoms with Gasteiger partial charge in [-0.25, -0.2) is 4.39 Å². The minimum absolute atomic E-state index is 0.171. The summed E-state index contributed by atoms with van der Waals surface area (Å²) in [6.45, 7) is 0. The van der Waals surface area contributed by atoms with E-state index in [1.54, 1.807) is 12.1 Å². The lowest BCUT2D eigenvalue weighted by molar-refractivity contribution is 0.0857. The van der Waals surface area contributed by atoms with E-state index < -0.39 is 0 Å². The number of para-hydroxylation sites is 1. The zero-order valence-electron chi connectivity index (χ0n) is 13.4. The first-order valence-corrected chi connectivity index (χ1v) is 8.09. The van der Waals surface area contributed by atoms with E-state index in [4.69, 9.17) is 9.57 Å². The van der Waals surface area contributed by atoms with Gasteiger partial charge in [-0.3, -0.25) is 0 Å².